The summed E-state index contributed by atoms with van der Waals surface area (Å²) in [4.78, 5) is 0. The number of hydrogen-bond acceptors (Lipinski definition) is 2. The molecule has 0 spiro atoms. The summed E-state index contributed by atoms with van der Waals surface area (Å²) in [6.07, 6.45) is 3.40. The zero-order valence-electron chi connectivity index (χ0n) is 5.21. The molecule has 0 saturated heterocycles. The first-order valence-corrected chi connectivity index (χ1v) is 5.37. The molecule has 1 nitrogen and oxygen atoms in total. The molecular weight excluding hydrogens is 152 g/mol. The van der Waals surface area contributed by atoms with Gasteiger partial charge in [0.15, 0.2) is 0 Å². The van der Waals surface area contributed by atoms with Crippen LogP contribution in [0.4, 0.5) is 0 Å². The van der Waals surface area contributed by atoms with Crippen molar-refractivity contribution in [1.82, 2.24) is 0 Å². The zero-order chi connectivity index (χ0) is 7.11. The molecule has 9 heavy (non-hydrogen) atoms. The van der Waals surface area contributed by atoms with Gasteiger partial charge in [-0.05, 0) is 0 Å². The molecule has 0 radical (unpaired) electrons. The van der Waals surface area contributed by atoms with Gasteiger partial charge in [-0.25, -0.2) is 4.21 Å². The molecule has 0 aliphatic carbocycles. The molecule has 0 aliphatic heterocycles. The molecule has 0 heterocycles. The maximum Gasteiger partial charge on any atom is 0.0845 e. The lowest BCUT2D eigenvalue weighted by atomic mass is 10.8. The second-order valence-electron chi connectivity index (χ2n) is 1.33. The Morgan fingerprint density at radius 3 is 2.56 bits per heavy atom. The molecular formula is C6H10OS2. The van der Waals surface area contributed by atoms with E-state index in [9.17, 15) is 4.21 Å². The standard InChI is InChI=1S/C6H10OS2/c1-3-5-8-9(7)6-4-2/h3-4H,1-2,5-6H2/t9-/m0/s1. The first-order valence-electron chi connectivity index (χ1n) is 2.54. The van der Waals surface area contributed by atoms with Gasteiger partial charge in [0.05, 0.1) is 15.6 Å². The third-order valence-electron chi connectivity index (χ3n) is 0.571. The summed E-state index contributed by atoms with van der Waals surface area (Å²) in [5, 5.41) is 0. The molecule has 0 fully saturated rings. The molecule has 0 saturated carbocycles. The van der Waals surface area contributed by atoms with Crippen LogP contribution in [0.5, 0.6) is 0 Å². The second kappa shape index (κ2) is 6.11. The first-order chi connectivity index (χ1) is 4.31. The van der Waals surface area contributed by atoms with Crippen LogP contribution in [-0.2, 0) is 9.83 Å². The largest absolute Gasteiger partial charge is 0.248 e. The third kappa shape index (κ3) is 5.86. The van der Waals surface area contributed by atoms with Gasteiger partial charge in [-0.3, -0.25) is 0 Å². The van der Waals surface area contributed by atoms with Crippen molar-refractivity contribution in [2.75, 3.05) is 11.5 Å². The molecule has 0 N–H and O–H groups in total. The summed E-state index contributed by atoms with van der Waals surface area (Å²) in [5.74, 6) is 1.32. The van der Waals surface area contributed by atoms with Crippen molar-refractivity contribution in [3.8, 4) is 0 Å². The van der Waals surface area contributed by atoms with Crippen molar-refractivity contribution in [3.63, 3.8) is 0 Å². The van der Waals surface area contributed by atoms with Crippen molar-refractivity contribution >= 4 is 20.6 Å². The molecule has 1 atom stereocenters. The van der Waals surface area contributed by atoms with Crippen LogP contribution in [0.3, 0.4) is 0 Å². The monoisotopic (exact) mass is 162 g/mol. The van der Waals surface area contributed by atoms with Gasteiger partial charge in [0.25, 0.3) is 0 Å². The normalized spacial score (nSPS) is 12.4. The average molecular weight is 162 g/mol. The minimum Gasteiger partial charge on any atom is -0.248 e. The lowest BCUT2D eigenvalue weighted by molar-refractivity contribution is 0.693. The lowest BCUT2D eigenvalue weighted by Crippen LogP contribution is -1.86. The smallest absolute Gasteiger partial charge is 0.0845 e. The van der Waals surface area contributed by atoms with Gasteiger partial charge in [0, 0.05) is 5.75 Å². The van der Waals surface area contributed by atoms with Crippen molar-refractivity contribution in [2.45, 2.75) is 0 Å². The fourth-order valence-corrected chi connectivity index (χ4v) is 2.13. The summed E-state index contributed by atoms with van der Waals surface area (Å²) in [7, 11) is 0.591. The number of rotatable bonds is 5. The van der Waals surface area contributed by atoms with E-state index in [-0.39, 0.29) is 0 Å². The Morgan fingerprint density at radius 2 is 2.11 bits per heavy atom. The quantitative estimate of drug-likeness (QED) is 0.452. The number of hydrogen-bond donors (Lipinski definition) is 0. The fraction of sp³-hybridized carbons (Fsp3) is 0.333. The van der Waals surface area contributed by atoms with Crippen LogP contribution in [0, 0.1) is 0 Å². The van der Waals surface area contributed by atoms with Crippen LogP contribution in [0.25, 0.3) is 0 Å². The maximum atomic E-state index is 10.8. The Labute approximate surface area is 62.1 Å². The molecule has 52 valence electrons. The van der Waals surface area contributed by atoms with Gasteiger partial charge < -0.3 is 0 Å². The van der Waals surface area contributed by atoms with E-state index in [4.69, 9.17) is 0 Å². The van der Waals surface area contributed by atoms with E-state index in [0.29, 0.717) is 5.75 Å². The Kier molecular flexibility index (Phi) is 6.09. The highest BCUT2D eigenvalue weighted by molar-refractivity contribution is 8.69. The highest BCUT2D eigenvalue weighted by atomic mass is 33.1. The van der Waals surface area contributed by atoms with Gasteiger partial charge >= 0.3 is 0 Å². The first kappa shape index (κ1) is 8.98. The van der Waals surface area contributed by atoms with E-state index in [1.54, 1.807) is 12.2 Å². The highest BCUT2D eigenvalue weighted by Gasteiger charge is 1.92. The van der Waals surface area contributed by atoms with E-state index in [0.717, 1.165) is 5.75 Å². The zero-order valence-corrected chi connectivity index (χ0v) is 6.84. The van der Waals surface area contributed by atoms with Crippen LogP contribution >= 0.6 is 10.8 Å². The molecule has 0 aromatic heterocycles. The average Bonchev–Trinajstić information content (AvgIpc) is 1.85. The minimum absolute atomic E-state index is 0.568. The Balaban J connectivity index is 3.26. The molecule has 0 amide bonds. The van der Waals surface area contributed by atoms with E-state index in [2.05, 4.69) is 13.2 Å². The molecule has 3 heteroatoms. The molecule has 0 bridgehead atoms. The molecule has 0 aromatic rings. The van der Waals surface area contributed by atoms with Gasteiger partial charge in [-0.15, -0.1) is 13.2 Å². The summed E-state index contributed by atoms with van der Waals surface area (Å²) in [5.41, 5.74) is 0. The molecule has 0 aromatic carbocycles. The second-order valence-corrected chi connectivity index (χ2v) is 4.66. The van der Waals surface area contributed by atoms with Gasteiger partial charge in [-0.1, -0.05) is 22.9 Å². The van der Waals surface area contributed by atoms with Gasteiger partial charge in [-0.2, -0.15) is 0 Å². The van der Waals surface area contributed by atoms with E-state index in [1.807, 2.05) is 0 Å². The highest BCUT2D eigenvalue weighted by Crippen LogP contribution is 2.06. The summed E-state index contributed by atoms with van der Waals surface area (Å²) < 4.78 is 10.8. The Bertz CT molecular complexity index is 120. The van der Waals surface area contributed by atoms with Crippen LogP contribution in [0.15, 0.2) is 25.3 Å². The maximum absolute atomic E-state index is 10.8. The van der Waals surface area contributed by atoms with Crippen molar-refractivity contribution in [2.24, 2.45) is 0 Å². The van der Waals surface area contributed by atoms with Crippen molar-refractivity contribution in [3.05, 3.63) is 25.3 Å². The van der Waals surface area contributed by atoms with Crippen molar-refractivity contribution in [1.29, 1.82) is 0 Å². The topological polar surface area (TPSA) is 17.1 Å². The summed E-state index contributed by atoms with van der Waals surface area (Å²) in [6.45, 7) is 6.99. The van der Waals surface area contributed by atoms with Crippen LogP contribution in [0.1, 0.15) is 0 Å². The van der Waals surface area contributed by atoms with Crippen LogP contribution < -0.4 is 0 Å². The van der Waals surface area contributed by atoms with E-state index >= 15 is 0 Å². The Hall–Kier alpha value is -0.0200. The predicted octanol–water partition coefficient (Wildman–Crippen LogP) is 1.76. The third-order valence-corrected chi connectivity index (χ3v) is 3.32. The van der Waals surface area contributed by atoms with E-state index in [1.165, 1.54) is 10.8 Å². The fourth-order valence-electron chi connectivity index (χ4n) is 0.268. The Morgan fingerprint density at radius 1 is 1.44 bits per heavy atom. The predicted molar refractivity (Wildman–Crippen MR) is 45.9 cm³/mol. The van der Waals surface area contributed by atoms with Gasteiger partial charge in [0.1, 0.15) is 0 Å². The molecule has 0 unspecified atom stereocenters. The van der Waals surface area contributed by atoms with Crippen molar-refractivity contribution < 1.29 is 4.21 Å². The van der Waals surface area contributed by atoms with Crippen LogP contribution in [-0.4, -0.2) is 15.7 Å². The van der Waals surface area contributed by atoms with E-state index < -0.39 is 9.83 Å². The SMILES string of the molecule is C=CCS[S@](=O)CC=C. The summed E-state index contributed by atoms with van der Waals surface area (Å²) in [6, 6.07) is 0. The molecule has 0 rings (SSSR count). The van der Waals surface area contributed by atoms with Gasteiger partial charge in [0.2, 0.25) is 0 Å². The lowest BCUT2D eigenvalue weighted by Gasteiger charge is -1.91. The summed E-state index contributed by atoms with van der Waals surface area (Å²) >= 11 is 0. The molecule has 0 aliphatic rings. The van der Waals surface area contributed by atoms with Crippen LogP contribution in [0.2, 0.25) is 0 Å². The minimum atomic E-state index is -0.793.